The number of hydrogen-bond donors (Lipinski definition) is 0. The number of imide groups is 1. The van der Waals surface area contributed by atoms with Gasteiger partial charge in [0.05, 0.1) is 10.9 Å². The van der Waals surface area contributed by atoms with E-state index in [9.17, 15) is 9.59 Å². The van der Waals surface area contributed by atoms with Crippen molar-refractivity contribution in [1.29, 1.82) is 0 Å². The van der Waals surface area contributed by atoms with Crippen molar-refractivity contribution in [2.24, 2.45) is 0 Å². The minimum atomic E-state index is -0.871. The molecule has 140 valence electrons. The van der Waals surface area contributed by atoms with Gasteiger partial charge in [-0.2, -0.15) is 0 Å². The number of benzene rings is 2. The Hall–Kier alpha value is -3.12. The molecular weight excluding hydrogens is 372 g/mol. The number of amides is 3. The number of fused-ring (bicyclic) bond motifs is 4. The highest BCUT2D eigenvalue weighted by Gasteiger charge is 2.55. The lowest BCUT2D eigenvalue weighted by atomic mass is 9.88. The van der Waals surface area contributed by atoms with Crippen LogP contribution in [0.3, 0.4) is 0 Å². The molecule has 0 saturated carbocycles. The van der Waals surface area contributed by atoms with Gasteiger partial charge in [0.2, 0.25) is 0 Å². The summed E-state index contributed by atoms with van der Waals surface area (Å²) in [6.07, 6.45) is 0.502. The van der Waals surface area contributed by atoms with Crippen molar-refractivity contribution >= 4 is 29.0 Å². The van der Waals surface area contributed by atoms with Crippen molar-refractivity contribution in [2.75, 3.05) is 4.90 Å². The Morgan fingerprint density at radius 3 is 2.57 bits per heavy atom. The largest absolute Gasteiger partial charge is 0.467 e. The number of anilines is 1. The third-order valence-corrected chi connectivity index (χ3v) is 6.18. The molecule has 1 aromatic heterocycles. The van der Waals surface area contributed by atoms with Gasteiger partial charge in [-0.25, -0.2) is 4.79 Å². The molecule has 1 saturated heterocycles. The zero-order valence-corrected chi connectivity index (χ0v) is 16.1. The summed E-state index contributed by atoms with van der Waals surface area (Å²) in [7, 11) is 0. The van der Waals surface area contributed by atoms with Gasteiger partial charge >= 0.3 is 6.03 Å². The number of ether oxygens (including phenoxy) is 1. The molecule has 28 heavy (non-hydrogen) atoms. The van der Waals surface area contributed by atoms with Gasteiger partial charge in [-0.1, -0.05) is 42.5 Å². The van der Waals surface area contributed by atoms with Crippen molar-refractivity contribution in [3.63, 3.8) is 0 Å². The normalized spacial score (nSPS) is 23.2. The Labute approximate surface area is 166 Å². The van der Waals surface area contributed by atoms with E-state index in [0.717, 1.165) is 5.56 Å². The van der Waals surface area contributed by atoms with Crippen LogP contribution in [0.15, 0.2) is 72.1 Å². The molecule has 6 heteroatoms. The highest BCUT2D eigenvalue weighted by Crippen LogP contribution is 2.49. The fourth-order valence-corrected chi connectivity index (χ4v) is 4.77. The van der Waals surface area contributed by atoms with Gasteiger partial charge in [-0.15, -0.1) is 11.3 Å². The summed E-state index contributed by atoms with van der Waals surface area (Å²) in [6, 6.07) is 19.9. The van der Waals surface area contributed by atoms with Gasteiger partial charge < -0.3 is 4.74 Å². The Morgan fingerprint density at radius 1 is 1.07 bits per heavy atom. The number of para-hydroxylation sites is 2. The molecule has 1 fully saturated rings. The smallest absolute Gasteiger partial charge is 0.335 e. The average molecular weight is 390 g/mol. The standard InChI is InChI=1S/C22H18N2O3S/c1-22-14-17(16-10-5-6-11-18(16)27-22)23(20(25)19-12-7-13-28-19)21(26)24(22)15-8-3-2-4-9-15/h2-13,17H,14H2,1H3/t17-,22+/m1/s1. The van der Waals surface area contributed by atoms with Crippen LogP contribution in [0.25, 0.3) is 0 Å². The molecule has 0 radical (unpaired) electrons. The average Bonchev–Trinajstić information content (AvgIpc) is 3.23. The van der Waals surface area contributed by atoms with E-state index in [1.54, 1.807) is 11.0 Å². The van der Waals surface area contributed by atoms with Crippen LogP contribution >= 0.6 is 11.3 Å². The van der Waals surface area contributed by atoms with Gasteiger partial charge in [-0.05, 0) is 36.6 Å². The molecule has 5 rings (SSSR count). The first-order chi connectivity index (χ1) is 13.6. The Balaban J connectivity index is 1.69. The molecule has 0 aliphatic carbocycles. The first kappa shape index (κ1) is 17.0. The van der Waals surface area contributed by atoms with Crippen molar-refractivity contribution in [3.8, 4) is 5.75 Å². The summed E-state index contributed by atoms with van der Waals surface area (Å²) in [5.74, 6) is 0.434. The van der Waals surface area contributed by atoms with Gasteiger partial charge in [-0.3, -0.25) is 14.6 Å². The molecule has 2 aliphatic heterocycles. The summed E-state index contributed by atoms with van der Waals surface area (Å²) >= 11 is 1.34. The summed E-state index contributed by atoms with van der Waals surface area (Å²) < 4.78 is 6.32. The van der Waals surface area contributed by atoms with Crippen LogP contribution in [0.1, 0.15) is 34.6 Å². The molecule has 2 atom stereocenters. The second kappa shape index (κ2) is 6.21. The minimum absolute atomic E-state index is 0.273. The molecule has 2 bridgehead atoms. The van der Waals surface area contributed by atoms with E-state index in [2.05, 4.69) is 0 Å². The molecule has 2 aliphatic rings. The second-order valence-electron chi connectivity index (χ2n) is 7.14. The van der Waals surface area contributed by atoms with Crippen LogP contribution in [0.4, 0.5) is 10.5 Å². The molecule has 3 heterocycles. The Kier molecular flexibility index (Phi) is 3.77. The molecule has 0 spiro atoms. The van der Waals surface area contributed by atoms with E-state index in [0.29, 0.717) is 22.7 Å². The fraction of sp³-hybridized carbons (Fsp3) is 0.182. The number of carbonyl (C=O) groups is 2. The second-order valence-corrected chi connectivity index (χ2v) is 8.09. The number of hydrogen-bond acceptors (Lipinski definition) is 4. The van der Waals surface area contributed by atoms with Gasteiger partial charge in [0.25, 0.3) is 5.91 Å². The summed E-state index contributed by atoms with van der Waals surface area (Å²) in [6.45, 7) is 1.91. The predicted molar refractivity (Wildman–Crippen MR) is 108 cm³/mol. The summed E-state index contributed by atoms with van der Waals surface area (Å²) in [5.41, 5.74) is 0.701. The van der Waals surface area contributed by atoms with Crippen molar-refractivity contribution in [2.45, 2.75) is 25.1 Å². The molecule has 0 N–H and O–H groups in total. The van der Waals surface area contributed by atoms with E-state index in [1.807, 2.05) is 73.0 Å². The topological polar surface area (TPSA) is 49.9 Å². The van der Waals surface area contributed by atoms with Crippen molar-refractivity contribution in [1.82, 2.24) is 4.90 Å². The molecule has 3 amide bonds. The maximum Gasteiger partial charge on any atom is 0.335 e. The van der Waals surface area contributed by atoms with E-state index in [1.165, 1.54) is 16.2 Å². The zero-order valence-electron chi connectivity index (χ0n) is 15.2. The lowest BCUT2D eigenvalue weighted by Crippen LogP contribution is -2.67. The van der Waals surface area contributed by atoms with Crippen LogP contribution in [0.2, 0.25) is 0 Å². The zero-order chi connectivity index (χ0) is 19.3. The SMILES string of the molecule is C[C@@]12C[C@H](c3ccccc3O1)N(C(=O)c1cccs1)C(=O)N2c1ccccc1. The number of rotatable bonds is 2. The van der Waals surface area contributed by atoms with E-state index in [-0.39, 0.29) is 18.0 Å². The third kappa shape index (κ3) is 2.45. The lowest BCUT2D eigenvalue weighted by molar-refractivity contribution is 0.00284. The Bertz CT molecular complexity index is 1050. The number of nitrogens with zero attached hydrogens (tertiary/aromatic N) is 2. The van der Waals surface area contributed by atoms with Crippen LogP contribution in [-0.4, -0.2) is 22.6 Å². The van der Waals surface area contributed by atoms with Crippen LogP contribution in [0.5, 0.6) is 5.75 Å². The fourth-order valence-electron chi connectivity index (χ4n) is 4.11. The monoisotopic (exact) mass is 390 g/mol. The van der Waals surface area contributed by atoms with Crippen LogP contribution in [0, 0.1) is 0 Å². The highest BCUT2D eigenvalue weighted by molar-refractivity contribution is 7.12. The Morgan fingerprint density at radius 2 is 1.82 bits per heavy atom. The van der Waals surface area contributed by atoms with E-state index in [4.69, 9.17) is 4.74 Å². The van der Waals surface area contributed by atoms with Gasteiger partial charge in [0.15, 0.2) is 5.72 Å². The molecule has 0 unspecified atom stereocenters. The molecule has 3 aromatic rings. The lowest BCUT2D eigenvalue weighted by Gasteiger charge is -2.53. The van der Waals surface area contributed by atoms with Crippen molar-refractivity contribution < 1.29 is 14.3 Å². The summed E-state index contributed by atoms with van der Waals surface area (Å²) in [4.78, 5) is 30.5. The quantitative estimate of drug-likeness (QED) is 0.614. The third-order valence-electron chi connectivity index (χ3n) is 5.33. The predicted octanol–water partition coefficient (Wildman–Crippen LogP) is 5.07. The minimum Gasteiger partial charge on any atom is -0.467 e. The van der Waals surface area contributed by atoms with Crippen LogP contribution < -0.4 is 9.64 Å². The maximum atomic E-state index is 13.6. The highest BCUT2D eigenvalue weighted by atomic mass is 32.1. The molecular formula is C22H18N2O3S. The van der Waals surface area contributed by atoms with E-state index >= 15 is 0 Å². The molecule has 2 aromatic carbocycles. The first-order valence-corrected chi connectivity index (χ1v) is 10.0. The molecule has 5 nitrogen and oxygen atoms in total. The maximum absolute atomic E-state index is 13.6. The number of thiophene rings is 1. The first-order valence-electron chi connectivity index (χ1n) is 9.13. The number of carbonyl (C=O) groups excluding carboxylic acids is 2. The number of urea groups is 1. The summed E-state index contributed by atoms with van der Waals surface area (Å²) in [5, 5.41) is 1.85. The van der Waals surface area contributed by atoms with Crippen LogP contribution in [-0.2, 0) is 0 Å². The van der Waals surface area contributed by atoms with Gasteiger partial charge in [0, 0.05) is 17.7 Å². The van der Waals surface area contributed by atoms with Crippen molar-refractivity contribution in [3.05, 3.63) is 82.6 Å². The van der Waals surface area contributed by atoms with E-state index < -0.39 is 5.72 Å². The van der Waals surface area contributed by atoms with Gasteiger partial charge in [0.1, 0.15) is 5.75 Å².